The van der Waals surface area contributed by atoms with E-state index in [0.29, 0.717) is 111 Å². The van der Waals surface area contributed by atoms with Crippen LogP contribution in [0.2, 0.25) is 5.02 Å². The Kier molecular flexibility index (Phi) is 18.4. The molecule has 0 bridgehead atoms. The molecule has 20 heteroatoms. The molecule has 0 atom stereocenters. The van der Waals surface area contributed by atoms with Crippen molar-refractivity contribution < 1.29 is 54.2 Å². The predicted molar refractivity (Wildman–Crippen MR) is 260 cm³/mol. The highest BCUT2D eigenvalue weighted by atomic mass is 35.5. The molecule has 0 radical (unpaired) electrons. The molecule has 6 fully saturated rings. The Morgan fingerprint density at radius 1 is 0.729 bits per heavy atom. The van der Waals surface area contributed by atoms with Crippen LogP contribution in [0.1, 0.15) is 145 Å². The summed E-state index contributed by atoms with van der Waals surface area (Å²) in [5.41, 5.74) is 1.96. The molecule has 3 heterocycles. The van der Waals surface area contributed by atoms with Crippen molar-refractivity contribution in [2.45, 2.75) is 114 Å². The molecule has 3 aliphatic carbocycles. The first kappa shape index (κ1) is 53.6. The van der Waals surface area contributed by atoms with Crippen LogP contribution in [0.5, 0.6) is 11.5 Å². The molecule has 0 unspecified atom stereocenters. The lowest BCUT2D eigenvalue weighted by molar-refractivity contribution is -0.138. The van der Waals surface area contributed by atoms with Crippen molar-refractivity contribution in [1.29, 1.82) is 0 Å². The minimum atomic E-state index is -4.16. The van der Waals surface area contributed by atoms with Crippen LogP contribution < -0.4 is 18.9 Å². The monoisotopic (exact) mass is 1040 g/mol. The molecule has 0 aromatic heterocycles. The number of ether oxygens (including phenoxy) is 2. The SMILES string of the molecule is CC.O=C(NS(=O)(=O)N1CCC1)c1cc(C2CC2)c(OCC2CCN(CCC(F)(F)F)CC2)cc1F.O=C(NSC1CC1)c1cc(C2CC2)c(OCC2CCN(C(=O)c3cccc(Cl)c3)CC2)cc1F. The van der Waals surface area contributed by atoms with E-state index in [9.17, 15) is 44.8 Å². The average Bonchev–Trinajstić information content (AvgIpc) is 4.14. The molecule has 2 N–H and O–H groups in total. The summed E-state index contributed by atoms with van der Waals surface area (Å²) < 4.78 is 109. The Balaban J connectivity index is 0.000000199. The molecule has 3 aromatic carbocycles. The number of amides is 3. The number of halogens is 6. The van der Waals surface area contributed by atoms with Gasteiger partial charge in [0.05, 0.1) is 30.8 Å². The molecule has 9 rings (SSSR count). The van der Waals surface area contributed by atoms with E-state index >= 15 is 0 Å². The summed E-state index contributed by atoms with van der Waals surface area (Å²) in [6.07, 6.45) is 4.76. The first-order chi connectivity index (χ1) is 33.5. The van der Waals surface area contributed by atoms with Crippen LogP contribution in [0.4, 0.5) is 22.0 Å². The van der Waals surface area contributed by atoms with E-state index in [1.165, 1.54) is 24.1 Å². The summed E-state index contributed by atoms with van der Waals surface area (Å²) in [6, 6.07) is 12.6. The van der Waals surface area contributed by atoms with Crippen molar-refractivity contribution in [3.8, 4) is 11.5 Å². The number of carbonyl (C=O) groups is 3. The van der Waals surface area contributed by atoms with E-state index in [1.807, 2.05) is 23.5 Å². The van der Waals surface area contributed by atoms with Crippen LogP contribution in [0.3, 0.4) is 0 Å². The summed E-state index contributed by atoms with van der Waals surface area (Å²) in [6.45, 7) is 7.84. The Labute approximate surface area is 417 Å². The van der Waals surface area contributed by atoms with Crippen LogP contribution in [-0.2, 0) is 10.2 Å². The standard InChI is InChI=1S/C26H28ClFN2O3S.C22H29F4N3O4S.C2H6/c27-19-3-1-2-18(12-19)26(32)30-10-8-16(9-11-30)15-33-24-14-23(28)22(13-21(24)17-4-5-17)25(31)29-34-20-6-7-20;23-19-13-20(33-14-15-4-9-28(10-5-15)11-6-22(24,25)26)17(16-2-3-16)12-18(19)21(30)27-34(31,32)29-7-1-8-29;1-2/h1-3,12-14,16-17,20H,4-11,15H2,(H,29,31);12-13,15-16H,1-11,14H2,(H,27,30);1-2H3. The lowest BCUT2D eigenvalue weighted by Gasteiger charge is -2.32. The maximum Gasteiger partial charge on any atom is 0.390 e. The number of hydrogen-bond donors (Lipinski definition) is 2. The van der Waals surface area contributed by atoms with Gasteiger partial charge in [0.2, 0.25) is 0 Å². The number of rotatable bonds is 17. The summed E-state index contributed by atoms with van der Waals surface area (Å²) >= 11 is 7.41. The Morgan fingerprint density at radius 3 is 1.73 bits per heavy atom. The quantitative estimate of drug-likeness (QED) is 0.1000. The molecule has 0 spiro atoms. The third-order valence-electron chi connectivity index (χ3n) is 13.3. The lowest BCUT2D eigenvalue weighted by atomic mass is 9.97. The van der Waals surface area contributed by atoms with Gasteiger partial charge in [-0.2, -0.15) is 25.9 Å². The molecule has 3 aliphatic heterocycles. The van der Waals surface area contributed by atoms with Gasteiger partial charge in [0.15, 0.2) is 0 Å². The van der Waals surface area contributed by atoms with Crippen molar-refractivity contribution in [3.63, 3.8) is 0 Å². The van der Waals surface area contributed by atoms with Gasteiger partial charge in [-0.25, -0.2) is 13.5 Å². The smallest absolute Gasteiger partial charge is 0.390 e. The summed E-state index contributed by atoms with van der Waals surface area (Å²) in [5.74, 6) is -1.04. The third-order valence-corrected chi connectivity index (χ3v) is 16.1. The fourth-order valence-corrected chi connectivity index (χ4v) is 10.7. The van der Waals surface area contributed by atoms with Crippen molar-refractivity contribution in [1.82, 2.24) is 23.5 Å². The normalized spacial score (nSPS) is 19.2. The maximum atomic E-state index is 14.8. The number of hydrogen-bond acceptors (Lipinski definition) is 9. The maximum absolute atomic E-state index is 14.8. The highest BCUT2D eigenvalue weighted by Crippen LogP contribution is 2.47. The van der Waals surface area contributed by atoms with E-state index in [2.05, 4.69) is 4.72 Å². The molecule has 12 nitrogen and oxygen atoms in total. The fraction of sp³-hybridized carbons (Fsp3) is 0.580. The van der Waals surface area contributed by atoms with Crippen molar-refractivity contribution in [2.24, 2.45) is 11.8 Å². The summed E-state index contributed by atoms with van der Waals surface area (Å²) in [7, 11) is -3.99. The van der Waals surface area contributed by atoms with Gasteiger partial charge in [0.1, 0.15) is 23.1 Å². The van der Waals surface area contributed by atoms with Crippen LogP contribution in [0, 0.1) is 23.5 Å². The number of benzene rings is 3. The molecular formula is C50H63ClF5N5O7S2. The lowest BCUT2D eigenvalue weighted by Crippen LogP contribution is -2.49. The van der Waals surface area contributed by atoms with Crippen LogP contribution in [-0.4, -0.2) is 111 Å². The number of likely N-dealkylation sites (tertiary alicyclic amines) is 2. The molecule has 3 saturated heterocycles. The second-order valence-electron chi connectivity index (χ2n) is 18.7. The minimum Gasteiger partial charge on any atom is -0.493 e. The molecule has 70 heavy (non-hydrogen) atoms. The highest BCUT2D eigenvalue weighted by molar-refractivity contribution is 7.98. The van der Waals surface area contributed by atoms with Gasteiger partial charge in [-0.3, -0.25) is 19.1 Å². The van der Waals surface area contributed by atoms with Crippen molar-refractivity contribution in [2.75, 3.05) is 59.0 Å². The Hall–Kier alpha value is -4.17. The average molecular weight is 1040 g/mol. The topological polar surface area (TPSA) is 138 Å². The highest BCUT2D eigenvalue weighted by Gasteiger charge is 2.35. The van der Waals surface area contributed by atoms with E-state index in [4.69, 9.17) is 21.1 Å². The Morgan fingerprint density at radius 2 is 1.26 bits per heavy atom. The molecule has 3 amide bonds. The Bertz CT molecular complexity index is 2420. The molecule has 384 valence electrons. The van der Waals surface area contributed by atoms with E-state index in [1.54, 1.807) is 35.2 Å². The van der Waals surface area contributed by atoms with Gasteiger partial charge in [-0.1, -0.05) is 31.5 Å². The zero-order valence-electron chi connectivity index (χ0n) is 39.6. The summed E-state index contributed by atoms with van der Waals surface area (Å²) in [4.78, 5) is 41.4. The van der Waals surface area contributed by atoms with E-state index < -0.39 is 40.3 Å². The summed E-state index contributed by atoms with van der Waals surface area (Å²) in [5, 5.41) is 1.02. The van der Waals surface area contributed by atoms with Crippen molar-refractivity contribution in [3.05, 3.63) is 93.0 Å². The van der Waals surface area contributed by atoms with Gasteiger partial charge < -0.3 is 19.3 Å². The largest absolute Gasteiger partial charge is 0.493 e. The van der Waals surface area contributed by atoms with Crippen LogP contribution in [0.15, 0.2) is 48.5 Å². The number of nitrogens with one attached hydrogen (secondary N) is 2. The zero-order valence-corrected chi connectivity index (χ0v) is 42.0. The predicted octanol–water partition coefficient (Wildman–Crippen LogP) is 10.3. The number of piperidine rings is 2. The van der Waals surface area contributed by atoms with Gasteiger partial charge >= 0.3 is 16.4 Å². The van der Waals surface area contributed by atoms with Crippen molar-refractivity contribution >= 4 is 51.5 Å². The van der Waals surface area contributed by atoms with E-state index in [0.717, 1.165) is 67.3 Å². The first-order valence-corrected chi connectivity index (χ1v) is 27.2. The van der Waals surface area contributed by atoms with Gasteiger partial charge in [-0.05, 0) is 161 Å². The van der Waals surface area contributed by atoms with E-state index in [-0.39, 0.29) is 47.2 Å². The number of alkyl halides is 3. The first-order valence-electron chi connectivity index (χ1n) is 24.5. The fourth-order valence-electron chi connectivity index (χ4n) is 8.49. The van der Waals surface area contributed by atoms with Crippen LogP contribution in [0.25, 0.3) is 0 Å². The molecular weight excluding hydrogens is 977 g/mol. The molecule has 3 saturated carbocycles. The molecule has 3 aromatic rings. The second-order valence-corrected chi connectivity index (χ2v) is 22.0. The second kappa shape index (κ2) is 24.0. The molecule has 6 aliphatic rings. The van der Waals surface area contributed by atoms with Gasteiger partial charge in [-0.15, -0.1) is 0 Å². The third kappa shape index (κ3) is 15.2. The van der Waals surface area contributed by atoms with Gasteiger partial charge in [0, 0.05) is 60.7 Å². The number of nitrogens with zero attached hydrogens (tertiary/aromatic N) is 3. The van der Waals surface area contributed by atoms with Crippen LogP contribution >= 0.6 is 23.5 Å². The number of carbonyl (C=O) groups excluding carboxylic acids is 3. The minimum absolute atomic E-state index is 0.00586. The van der Waals surface area contributed by atoms with Gasteiger partial charge in [0.25, 0.3) is 17.7 Å². The zero-order chi connectivity index (χ0) is 50.2.